The van der Waals surface area contributed by atoms with Crippen molar-refractivity contribution in [2.75, 3.05) is 0 Å². The maximum Gasteiger partial charge on any atom is 0.432 e. The Morgan fingerprint density at radius 1 is 0.714 bits per heavy atom. The Morgan fingerprint density at radius 3 is 0.929 bits per heavy atom. The summed E-state index contributed by atoms with van der Waals surface area (Å²) >= 11 is 0. The van der Waals surface area contributed by atoms with Crippen LogP contribution in [0.25, 0.3) is 0 Å². The Bertz CT molecular complexity index is 174. The summed E-state index contributed by atoms with van der Waals surface area (Å²) in [5, 5.41) is 16.2. The lowest BCUT2D eigenvalue weighted by atomic mass is 9.94. The molecule has 9 heteroatoms. The van der Waals surface area contributed by atoms with Crippen LogP contribution in [0, 0.1) is 0 Å². The van der Waals surface area contributed by atoms with Crippen molar-refractivity contribution in [3.05, 3.63) is 0 Å². The molecule has 0 aromatic heterocycles. The van der Waals surface area contributed by atoms with E-state index in [-0.39, 0.29) is 0 Å². The third kappa shape index (κ3) is 1.78. The largest absolute Gasteiger partial charge is 0.432 e. The van der Waals surface area contributed by atoms with E-state index in [0.29, 0.717) is 0 Å². The number of rotatable bonds is 1. The van der Waals surface area contributed by atoms with Gasteiger partial charge in [-0.1, -0.05) is 0 Å². The summed E-state index contributed by atoms with van der Waals surface area (Å²) in [7, 11) is 0. The molecule has 86 valence electrons. The minimum atomic E-state index is -6.37. The van der Waals surface area contributed by atoms with Gasteiger partial charge in [0.2, 0.25) is 0 Å². The molecular weight excluding hydrogens is 225 g/mol. The molecule has 0 amide bonds. The lowest BCUT2D eigenvalue weighted by Gasteiger charge is -2.37. The minimum absolute atomic E-state index is 0.437. The van der Waals surface area contributed by atoms with Gasteiger partial charge < -0.3 is 10.2 Å². The Kier molecular flexibility index (Phi) is 2.84. The van der Waals surface area contributed by atoms with Crippen LogP contribution < -0.4 is 0 Å². The maximum absolute atomic E-state index is 12.3. The molecule has 0 aromatic rings. The summed E-state index contributed by atoms with van der Waals surface area (Å²) in [6.45, 7) is -0.437. The normalized spacial score (nSPS) is 19.3. The summed E-state index contributed by atoms with van der Waals surface area (Å²) in [6, 6.07) is 0. The molecule has 2 nitrogen and oxygen atoms in total. The quantitative estimate of drug-likeness (QED) is 0.670. The molecule has 1 unspecified atom stereocenters. The highest BCUT2D eigenvalue weighted by atomic mass is 19.4. The second-order valence-corrected chi connectivity index (χ2v) is 2.66. The van der Waals surface area contributed by atoms with E-state index in [4.69, 9.17) is 10.2 Å². The van der Waals surface area contributed by atoms with E-state index in [0.717, 1.165) is 0 Å². The molecule has 1 atom stereocenters. The van der Waals surface area contributed by atoms with Crippen LogP contribution in [0.3, 0.4) is 0 Å². The topological polar surface area (TPSA) is 40.5 Å². The summed E-state index contributed by atoms with van der Waals surface area (Å²) in [5.74, 6) is -4.87. The Hall–Kier alpha value is -0.570. The van der Waals surface area contributed by atoms with Crippen LogP contribution in [0.4, 0.5) is 30.7 Å². The zero-order valence-corrected chi connectivity index (χ0v) is 6.54. The van der Waals surface area contributed by atoms with Gasteiger partial charge in [-0.25, -0.2) is 4.39 Å². The van der Waals surface area contributed by atoms with E-state index in [9.17, 15) is 30.7 Å². The van der Waals surface area contributed by atoms with E-state index in [1.54, 1.807) is 0 Å². The van der Waals surface area contributed by atoms with E-state index in [2.05, 4.69) is 0 Å². The Labute approximate surface area is 72.9 Å². The van der Waals surface area contributed by atoms with Crippen molar-refractivity contribution < 1.29 is 40.9 Å². The third-order valence-electron chi connectivity index (χ3n) is 1.48. The van der Waals surface area contributed by atoms with Crippen LogP contribution >= 0.6 is 0 Å². The fourth-order valence-corrected chi connectivity index (χ4v) is 0.678. The first-order valence-corrected chi connectivity index (χ1v) is 3.02. The van der Waals surface area contributed by atoms with Crippen LogP contribution in [-0.2, 0) is 0 Å². The predicted molar refractivity (Wildman–Crippen MR) is 28.8 cm³/mol. The second-order valence-electron chi connectivity index (χ2n) is 2.66. The zero-order chi connectivity index (χ0) is 12.0. The Morgan fingerprint density at radius 2 is 0.929 bits per heavy atom. The summed E-state index contributed by atoms with van der Waals surface area (Å²) < 4.78 is 82.7. The van der Waals surface area contributed by atoms with Gasteiger partial charge in [0.1, 0.15) is 0 Å². The Balaban J connectivity index is 5.54. The summed E-state index contributed by atoms with van der Waals surface area (Å²) in [5.41, 5.74) is -5.80. The summed E-state index contributed by atoms with van der Waals surface area (Å²) in [4.78, 5) is 0. The van der Waals surface area contributed by atoms with Gasteiger partial charge in [-0.2, -0.15) is 26.3 Å². The molecule has 0 saturated carbocycles. The molecule has 0 aliphatic rings. The molecule has 2 N–H and O–H groups in total. The molecule has 0 spiro atoms. The van der Waals surface area contributed by atoms with Crippen molar-refractivity contribution in [3.63, 3.8) is 0 Å². The van der Waals surface area contributed by atoms with Crippen LogP contribution in [0.2, 0.25) is 0 Å². The highest BCUT2D eigenvalue weighted by Crippen LogP contribution is 2.49. The van der Waals surface area contributed by atoms with Crippen LogP contribution in [0.15, 0.2) is 0 Å². The molecule has 0 radical (unpaired) electrons. The molecule has 0 aliphatic carbocycles. The minimum Gasteiger partial charge on any atom is -0.369 e. The lowest BCUT2D eigenvalue weighted by molar-refractivity contribution is -0.431. The lowest BCUT2D eigenvalue weighted by Crippen LogP contribution is -2.68. The third-order valence-corrected chi connectivity index (χ3v) is 1.48. The van der Waals surface area contributed by atoms with Gasteiger partial charge in [0.15, 0.2) is 0 Å². The number of hydrogen-bond acceptors (Lipinski definition) is 2. The van der Waals surface area contributed by atoms with E-state index in [1.807, 2.05) is 0 Å². The van der Waals surface area contributed by atoms with Gasteiger partial charge >= 0.3 is 18.0 Å². The van der Waals surface area contributed by atoms with Gasteiger partial charge in [-0.3, -0.25) is 0 Å². The molecular formula is C5H5F7O2. The molecule has 0 heterocycles. The fraction of sp³-hybridized carbons (Fsp3) is 1.00. The zero-order valence-electron chi connectivity index (χ0n) is 6.54. The molecule has 14 heavy (non-hydrogen) atoms. The average Bonchev–Trinajstić information content (AvgIpc) is 1.77. The standard InChI is InChI=1S/C5H5F7O2/c1-2(6,13)3(14,4(7,8)9)5(10,11)12/h13-14H,1H3. The van der Waals surface area contributed by atoms with Crippen molar-refractivity contribution in [3.8, 4) is 0 Å². The van der Waals surface area contributed by atoms with E-state index < -0.39 is 30.7 Å². The highest BCUT2D eigenvalue weighted by Gasteiger charge is 2.79. The number of hydrogen-bond donors (Lipinski definition) is 2. The van der Waals surface area contributed by atoms with E-state index >= 15 is 0 Å². The second kappa shape index (κ2) is 2.96. The number of aliphatic hydroxyl groups is 2. The molecule has 0 bridgehead atoms. The number of halogens is 7. The predicted octanol–water partition coefficient (Wildman–Crippen LogP) is 1.52. The van der Waals surface area contributed by atoms with Crippen LogP contribution in [-0.4, -0.2) is 34.0 Å². The molecule has 0 fully saturated rings. The fourth-order valence-electron chi connectivity index (χ4n) is 0.678. The maximum atomic E-state index is 12.3. The first-order chi connectivity index (χ1) is 5.75. The first-order valence-electron chi connectivity index (χ1n) is 3.02. The monoisotopic (exact) mass is 230 g/mol. The number of alkyl halides is 7. The summed E-state index contributed by atoms with van der Waals surface area (Å²) in [6.07, 6.45) is -12.7. The van der Waals surface area contributed by atoms with Crippen molar-refractivity contribution in [2.24, 2.45) is 0 Å². The average molecular weight is 230 g/mol. The van der Waals surface area contributed by atoms with Gasteiger partial charge in [0, 0.05) is 0 Å². The van der Waals surface area contributed by atoms with Crippen LogP contribution in [0.5, 0.6) is 0 Å². The molecule has 0 rings (SSSR count). The molecule has 0 aliphatic heterocycles. The highest BCUT2D eigenvalue weighted by molar-refractivity contribution is 5.02. The van der Waals surface area contributed by atoms with Gasteiger partial charge in [-0.15, -0.1) is 0 Å². The smallest absolute Gasteiger partial charge is 0.369 e. The van der Waals surface area contributed by atoms with Crippen molar-refractivity contribution in [2.45, 2.75) is 30.7 Å². The van der Waals surface area contributed by atoms with E-state index in [1.165, 1.54) is 0 Å². The van der Waals surface area contributed by atoms with Crippen molar-refractivity contribution >= 4 is 0 Å². The SMILES string of the molecule is CC(O)(F)C(O)(C(F)(F)F)C(F)(F)F. The van der Waals surface area contributed by atoms with Gasteiger partial charge in [0.05, 0.1) is 0 Å². The van der Waals surface area contributed by atoms with Gasteiger partial charge in [0.25, 0.3) is 5.85 Å². The van der Waals surface area contributed by atoms with Gasteiger partial charge in [-0.05, 0) is 6.92 Å². The molecule has 0 saturated heterocycles. The van der Waals surface area contributed by atoms with Crippen LogP contribution in [0.1, 0.15) is 6.92 Å². The van der Waals surface area contributed by atoms with Crippen molar-refractivity contribution in [1.29, 1.82) is 0 Å². The van der Waals surface area contributed by atoms with Crippen molar-refractivity contribution in [1.82, 2.24) is 0 Å². The first kappa shape index (κ1) is 13.4. The molecule has 0 aromatic carbocycles.